The first-order valence-corrected chi connectivity index (χ1v) is 6.35. The Morgan fingerprint density at radius 3 is 2.44 bits per heavy atom. The van der Waals surface area contributed by atoms with Gasteiger partial charge in [0, 0.05) is 5.02 Å². The van der Waals surface area contributed by atoms with E-state index in [4.69, 9.17) is 17.3 Å². The van der Waals surface area contributed by atoms with Gasteiger partial charge in [-0.2, -0.15) is 0 Å². The molecule has 1 aliphatic heterocycles. The number of hydrogen-bond acceptors (Lipinski definition) is 2. The van der Waals surface area contributed by atoms with E-state index in [2.05, 4.69) is 17.4 Å². The van der Waals surface area contributed by atoms with Crippen LogP contribution in [0.4, 0.5) is 0 Å². The highest BCUT2D eigenvalue weighted by Crippen LogP contribution is 2.30. The van der Waals surface area contributed by atoms with Crippen LogP contribution in [0, 0.1) is 5.92 Å². The average molecular weight is 239 g/mol. The van der Waals surface area contributed by atoms with Crippen LogP contribution in [0.15, 0.2) is 24.3 Å². The highest BCUT2D eigenvalue weighted by Gasteiger charge is 2.23. The number of nitrogens with two attached hydrogens (primary N) is 1. The van der Waals surface area contributed by atoms with Gasteiger partial charge in [-0.15, -0.1) is 0 Å². The second kappa shape index (κ2) is 5.67. The van der Waals surface area contributed by atoms with E-state index in [9.17, 15) is 0 Å². The van der Waals surface area contributed by atoms with Gasteiger partial charge in [-0.25, -0.2) is 0 Å². The SMILES string of the molecule is NCC(c1ccc(Cl)cc1)C1CCNCC1. The number of piperidine rings is 1. The Balaban J connectivity index is 2.11. The van der Waals surface area contributed by atoms with Crippen molar-refractivity contribution in [3.63, 3.8) is 0 Å². The Morgan fingerprint density at radius 1 is 1.25 bits per heavy atom. The Hall–Kier alpha value is -0.570. The Morgan fingerprint density at radius 2 is 1.88 bits per heavy atom. The molecule has 1 aromatic carbocycles. The van der Waals surface area contributed by atoms with E-state index in [0.717, 1.165) is 24.7 Å². The van der Waals surface area contributed by atoms with Gasteiger partial charge in [-0.1, -0.05) is 23.7 Å². The standard InChI is InChI=1S/C13H19ClN2/c14-12-3-1-10(2-4-12)13(9-15)11-5-7-16-8-6-11/h1-4,11,13,16H,5-9,15H2. The third kappa shape index (κ3) is 2.76. The number of halogens is 1. The van der Waals surface area contributed by atoms with Crippen molar-refractivity contribution in [3.05, 3.63) is 34.9 Å². The molecule has 88 valence electrons. The van der Waals surface area contributed by atoms with E-state index in [1.165, 1.54) is 18.4 Å². The van der Waals surface area contributed by atoms with Crippen LogP contribution in [0.3, 0.4) is 0 Å². The third-order valence-corrected chi connectivity index (χ3v) is 3.76. The normalized spacial score (nSPS) is 19.6. The molecule has 1 unspecified atom stereocenters. The van der Waals surface area contributed by atoms with Gasteiger partial charge >= 0.3 is 0 Å². The van der Waals surface area contributed by atoms with Crippen molar-refractivity contribution in [3.8, 4) is 0 Å². The molecule has 2 nitrogen and oxygen atoms in total. The lowest BCUT2D eigenvalue weighted by Gasteiger charge is -2.30. The van der Waals surface area contributed by atoms with Crippen molar-refractivity contribution in [2.24, 2.45) is 11.7 Å². The topological polar surface area (TPSA) is 38.0 Å². The van der Waals surface area contributed by atoms with Crippen LogP contribution in [0.5, 0.6) is 0 Å². The van der Waals surface area contributed by atoms with Gasteiger partial charge in [0.05, 0.1) is 0 Å². The molecule has 0 amide bonds. The quantitative estimate of drug-likeness (QED) is 0.849. The molecule has 1 heterocycles. The molecule has 2 rings (SSSR count). The molecule has 16 heavy (non-hydrogen) atoms. The molecule has 0 spiro atoms. The maximum absolute atomic E-state index is 5.92. The largest absolute Gasteiger partial charge is 0.330 e. The fraction of sp³-hybridized carbons (Fsp3) is 0.538. The van der Waals surface area contributed by atoms with Crippen molar-refractivity contribution >= 4 is 11.6 Å². The maximum Gasteiger partial charge on any atom is 0.0406 e. The van der Waals surface area contributed by atoms with E-state index in [1.807, 2.05) is 12.1 Å². The number of hydrogen-bond donors (Lipinski definition) is 2. The third-order valence-electron chi connectivity index (χ3n) is 3.50. The van der Waals surface area contributed by atoms with Crippen molar-refractivity contribution in [2.45, 2.75) is 18.8 Å². The molecule has 1 saturated heterocycles. The van der Waals surface area contributed by atoms with Crippen LogP contribution in [-0.2, 0) is 0 Å². The van der Waals surface area contributed by atoms with Crippen LogP contribution in [0.1, 0.15) is 24.3 Å². The summed E-state index contributed by atoms with van der Waals surface area (Å²) in [5, 5.41) is 4.19. The molecule has 1 aromatic rings. The molecule has 3 heteroatoms. The highest BCUT2D eigenvalue weighted by atomic mass is 35.5. The zero-order valence-corrected chi connectivity index (χ0v) is 10.2. The average Bonchev–Trinajstić information content (AvgIpc) is 2.34. The summed E-state index contributed by atoms with van der Waals surface area (Å²) in [4.78, 5) is 0. The lowest BCUT2D eigenvalue weighted by Crippen LogP contribution is -2.33. The summed E-state index contributed by atoms with van der Waals surface area (Å²) >= 11 is 5.90. The summed E-state index contributed by atoms with van der Waals surface area (Å²) in [5.41, 5.74) is 7.25. The summed E-state index contributed by atoms with van der Waals surface area (Å²) in [6.45, 7) is 2.97. The first-order valence-electron chi connectivity index (χ1n) is 5.97. The zero-order valence-electron chi connectivity index (χ0n) is 9.45. The van der Waals surface area contributed by atoms with E-state index >= 15 is 0 Å². The predicted octanol–water partition coefficient (Wildman–Crippen LogP) is 2.38. The van der Waals surface area contributed by atoms with Crippen molar-refractivity contribution in [1.29, 1.82) is 0 Å². The predicted molar refractivity (Wildman–Crippen MR) is 68.8 cm³/mol. The van der Waals surface area contributed by atoms with Gasteiger partial charge in [0.15, 0.2) is 0 Å². The molecule has 1 aliphatic rings. The minimum absolute atomic E-state index is 0.486. The van der Waals surface area contributed by atoms with Gasteiger partial charge in [0.1, 0.15) is 0 Å². The van der Waals surface area contributed by atoms with Gasteiger partial charge < -0.3 is 11.1 Å². The number of benzene rings is 1. The Kier molecular flexibility index (Phi) is 4.22. The molecule has 0 bridgehead atoms. The lowest BCUT2D eigenvalue weighted by atomic mass is 9.80. The first-order chi connectivity index (χ1) is 7.81. The van der Waals surface area contributed by atoms with E-state index < -0.39 is 0 Å². The van der Waals surface area contributed by atoms with Gasteiger partial charge in [-0.3, -0.25) is 0 Å². The summed E-state index contributed by atoms with van der Waals surface area (Å²) in [7, 11) is 0. The van der Waals surface area contributed by atoms with Crippen LogP contribution >= 0.6 is 11.6 Å². The van der Waals surface area contributed by atoms with Gasteiger partial charge in [0.2, 0.25) is 0 Å². The summed E-state index contributed by atoms with van der Waals surface area (Å²) in [6, 6.07) is 8.14. The second-order valence-corrected chi connectivity index (χ2v) is 4.92. The minimum Gasteiger partial charge on any atom is -0.330 e. The molecule has 3 N–H and O–H groups in total. The maximum atomic E-state index is 5.92. The first kappa shape index (κ1) is 11.9. The van der Waals surface area contributed by atoms with Gasteiger partial charge in [-0.05, 0) is 62.0 Å². The second-order valence-electron chi connectivity index (χ2n) is 4.48. The molecule has 0 radical (unpaired) electrons. The van der Waals surface area contributed by atoms with Crippen LogP contribution in [0.25, 0.3) is 0 Å². The van der Waals surface area contributed by atoms with Crippen LogP contribution < -0.4 is 11.1 Å². The molecular weight excluding hydrogens is 220 g/mol. The Labute approximate surface area is 102 Å². The zero-order chi connectivity index (χ0) is 11.4. The summed E-state index contributed by atoms with van der Waals surface area (Å²) < 4.78 is 0. The molecule has 1 atom stereocenters. The van der Waals surface area contributed by atoms with Gasteiger partial charge in [0.25, 0.3) is 0 Å². The number of nitrogens with one attached hydrogen (secondary N) is 1. The summed E-state index contributed by atoms with van der Waals surface area (Å²) in [6.07, 6.45) is 2.45. The van der Waals surface area contributed by atoms with Crippen molar-refractivity contribution in [1.82, 2.24) is 5.32 Å². The van der Waals surface area contributed by atoms with Crippen LogP contribution in [-0.4, -0.2) is 19.6 Å². The molecule has 1 fully saturated rings. The monoisotopic (exact) mass is 238 g/mol. The highest BCUT2D eigenvalue weighted by molar-refractivity contribution is 6.30. The molecular formula is C13H19ClN2. The van der Waals surface area contributed by atoms with Crippen molar-refractivity contribution < 1.29 is 0 Å². The van der Waals surface area contributed by atoms with Crippen molar-refractivity contribution in [2.75, 3.05) is 19.6 Å². The molecule has 0 aliphatic carbocycles. The number of rotatable bonds is 3. The lowest BCUT2D eigenvalue weighted by molar-refractivity contribution is 0.321. The smallest absolute Gasteiger partial charge is 0.0406 e. The minimum atomic E-state index is 0.486. The molecule has 0 saturated carbocycles. The Bertz CT molecular complexity index is 317. The summed E-state index contributed by atoms with van der Waals surface area (Å²) in [5.74, 6) is 1.20. The fourth-order valence-corrected chi connectivity index (χ4v) is 2.68. The fourth-order valence-electron chi connectivity index (χ4n) is 2.56. The molecule has 0 aromatic heterocycles. The van der Waals surface area contributed by atoms with Crippen LogP contribution in [0.2, 0.25) is 5.02 Å². The van der Waals surface area contributed by atoms with E-state index in [-0.39, 0.29) is 0 Å². The van der Waals surface area contributed by atoms with E-state index in [0.29, 0.717) is 11.8 Å². The van der Waals surface area contributed by atoms with E-state index in [1.54, 1.807) is 0 Å².